The van der Waals surface area contributed by atoms with Crippen molar-refractivity contribution in [2.45, 2.75) is 6.92 Å². The van der Waals surface area contributed by atoms with Crippen molar-refractivity contribution in [1.29, 1.82) is 0 Å². The number of carbonyl (C=O) groups excluding carboxylic acids is 1. The van der Waals surface area contributed by atoms with Crippen LogP contribution in [0.2, 0.25) is 0 Å². The maximum absolute atomic E-state index is 12.2. The van der Waals surface area contributed by atoms with Crippen LogP contribution in [-0.4, -0.2) is 27.5 Å². The van der Waals surface area contributed by atoms with Crippen LogP contribution in [0.1, 0.15) is 12.5 Å². The Bertz CT molecular complexity index is 1430. The molecule has 4 rings (SSSR count). The predicted molar refractivity (Wildman–Crippen MR) is 137 cm³/mol. The molecule has 1 amide bonds. The lowest BCUT2D eigenvalue weighted by molar-refractivity contribution is -0.384. The summed E-state index contributed by atoms with van der Waals surface area (Å²) < 4.78 is 11.3. The summed E-state index contributed by atoms with van der Waals surface area (Å²) in [4.78, 5) is 27.1. The van der Waals surface area contributed by atoms with Gasteiger partial charge in [0.25, 0.3) is 5.69 Å². The highest BCUT2D eigenvalue weighted by molar-refractivity contribution is 7.80. The van der Waals surface area contributed by atoms with Gasteiger partial charge in [-0.2, -0.15) is 0 Å². The zero-order valence-electron chi connectivity index (χ0n) is 18.6. The van der Waals surface area contributed by atoms with Gasteiger partial charge in [-0.3, -0.25) is 20.2 Å². The molecule has 0 spiro atoms. The Hall–Kier alpha value is -4.57. The molecule has 9 nitrogen and oxygen atoms in total. The highest BCUT2D eigenvalue weighted by Gasteiger charge is 2.10. The van der Waals surface area contributed by atoms with Crippen molar-refractivity contribution >= 4 is 51.8 Å². The zero-order valence-corrected chi connectivity index (χ0v) is 19.4. The second kappa shape index (κ2) is 10.6. The molecule has 0 atom stereocenters. The van der Waals surface area contributed by atoms with Gasteiger partial charge in [-0.25, -0.2) is 4.98 Å². The van der Waals surface area contributed by atoms with Gasteiger partial charge in [0.05, 0.1) is 11.5 Å². The van der Waals surface area contributed by atoms with Crippen LogP contribution in [0.3, 0.4) is 0 Å². The number of nitro groups is 1. The molecule has 1 heterocycles. The molecule has 0 bridgehead atoms. The summed E-state index contributed by atoms with van der Waals surface area (Å²) in [6.07, 6.45) is 2.71. The normalized spacial score (nSPS) is 10.9. The number of rotatable bonds is 7. The first-order chi connectivity index (χ1) is 16.9. The molecule has 0 aliphatic carbocycles. The summed E-state index contributed by atoms with van der Waals surface area (Å²) in [6, 6.07) is 18.7. The summed E-state index contributed by atoms with van der Waals surface area (Å²) in [5.74, 6) is 0.769. The number of nitrogens with zero attached hydrogens (tertiary/aromatic N) is 2. The fourth-order valence-corrected chi connectivity index (χ4v) is 3.44. The Balaban J connectivity index is 1.39. The van der Waals surface area contributed by atoms with Crippen molar-refractivity contribution in [3.05, 3.63) is 88.5 Å². The first-order valence-corrected chi connectivity index (χ1v) is 11.0. The number of fused-ring (bicyclic) bond motifs is 1. The van der Waals surface area contributed by atoms with E-state index in [1.807, 2.05) is 31.2 Å². The molecule has 0 saturated carbocycles. The third-order valence-corrected chi connectivity index (χ3v) is 5.01. The number of oxazole rings is 1. The van der Waals surface area contributed by atoms with E-state index in [2.05, 4.69) is 15.6 Å². The molecule has 0 aliphatic rings. The number of benzene rings is 3. The van der Waals surface area contributed by atoms with Gasteiger partial charge in [0.1, 0.15) is 11.3 Å². The lowest BCUT2D eigenvalue weighted by Gasteiger charge is -2.07. The number of hydrogen-bond acceptors (Lipinski definition) is 7. The largest absolute Gasteiger partial charge is 0.494 e. The monoisotopic (exact) mass is 488 g/mol. The third-order valence-electron chi connectivity index (χ3n) is 4.80. The topological polar surface area (TPSA) is 120 Å². The molecule has 3 aromatic carbocycles. The summed E-state index contributed by atoms with van der Waals surface area (Å²) in [6.45, 7) is 2.52. The first kappa shape index (κ1) is 23.6. The minimum Gasteiger partial charge on any atom is -0.494 e. The van der Waals surface area contributed by atoms with Crippen molar-refractivity contribution in [2.75, 3.05) is 11.9 Å². The SMILES string of the molecule is CCOc1ccc(-c2nc3cc(NC(=S)NC(=O)C=Cc4cccc([N+](=O)[O-])c4)ccc3o2)cc1. The molecular formula is C25H20N4O5S. The molecule has 0 fully saturated rings. The molecule has 35 heavy (non-hydrogen) atoms. The highest BCUT2D eigenvalue weighted by atomic mass is 32.1. The van der Waals surface area contributed by atoms with Crippen molar-refractivity contribution < 1.29 is 18.9 Å². The van der Waals surface area contributed by atoms with E-state index in [1.54, 1.807) is 30.3 Å². The number of anilines is 1. The molecular weight excluding hydrogens is 468 g/mol. The number of amides is 1. The van der Waals surface area contributed by atoms with E-state index in [0.29, 0.717) is 34.8 Å². The second-order valence-electron chi connectivity index (χ2n) is 7.29. The van der Waals surface area contributed by atoms with Gasteiger partial charge in [-0.15, -0.1) is 0 Å². The van der Waals surface area contributed by atoms with E-state index in [-0.39, 0.29) is 10.8 Å². The van der Waals surface area contributed by atoms with Gasteiger partial charge >= 0.3 is 0 Å². The first-order valence-electron chi connectivity index (χ1n) is 10.6. The number of nitrogens with one attached hydrogen (secondary N) is 2. The molecule has 176 valence electrons. The van der Waals surface area contributed by atoms with Crippen molar-refractivity contribution in [3.63, 3.8) is 0 Å². The minimum atomic E-state index is -0.497. The van der Waals surface area contributed by atoms with Crippen molar-refractivity contribution in [3.8, 4) is 17.2 Å². The fourth-order valence-electron chi connectivity index (χ4n) is 3.22. The van der Waals surface area contributed by atoms with Crippen molar-refractivity contribution in [1.82, 2.24) is 10.3 Å². The van der Waals surface area contributed by atoms with E-state index in [4.69, 9.17) is 21.4 Å². The average Bonchev–Trinajstić information content (AvgIpc) is 3.27. The van der Waals surface area contributed by atoms with Gasteiger partial charge in [-0.05, 0) is 73.2 Å². The number of carbonyl (C=O) groups is 1. The Morgan fingerprint density at radius 2 is 1.97 bits per heavy atom. The Morgan fingerprint density at radius 3 is 2.71 bits per heavy atom. The maximum Gasteiger partial charge on any atom is 0.270 e. The third kappa shape index (κ3) is 6.06. The van der Waals surface area contributed by atoms with Crippen LogP contribution in [-0.2, 0) is 4.79 Å². The lowest BCUT2D eigenvalue weighted by atomic mass is 10.2. The second-order valence-corrected chi connectivity index (χ2v) is 7.70. The maximum atomic E-state index is 12.2. The number of aromatic nitrogens is 1. The number of thiocarbonyl (C=S) groups is 1. The van der Waals surface area contributed by atoms with Crippen LogP contribution in [0.4, 0.5) is 11.4 Å². The van der Waals surface area contributed by atoms with E-state index in [0.717, 1.165) is 11.3 Å². The molecule has 4 aromatic rings. The summed E-state index contributed by atoms with van der Waals surface area (Å²) in [5.41, 5.74) is 3.13. The summed E-state index contributed by atoms with van der Waals surface area (Å²) >= 11 is 5.21. The molecule has 0 aliphatic heterocycles. The smallest absolute Gasteiger partial charge is 0.270 e. The van der Waals surface area contributed by atoms with Crippen LogP contribution < -0.4 is 15.4 Å². The Kier molecular flexibility index (Phi) is 7.12. The fraction of sp³-hybridized carbons (Fsp3) is 0.0800. The average molecular weight is 489 g/mol. The van der Waals surface area contributed by atoms with E-state index < -0.39 is 10.8 Å². The van der Waals surface area contributed by atoms with Crippen LogP contribution >= 0.6 is 12.2 Å². The zero-order chi connectivity index (χ0) is 24.8. The highest BCUT2D eigenvalue weighted by Crippen LogP contribution is 2.27. The number of ether oxygens (including phenoxy) is 1. The Labute approximate surface area is 205 Å². The van der Waals surface area contributed by atoms with Gasteiger partial charge < -0.3 is 14.5 Å². The summed E-state index contributed by atoms with van der Waals surface area (Å²) in [5, 5.41) is 16.4. The van der Waals surface area contributed by atoms with Crippen LogP contribution in [0, 0.1) is 10.1 Å². The molecule has 0 unspecified atom stereocenters. The molecule has 10 heteroatoms. The number of hydrogen-bond donors (Lipinski definition) is 2. The number of nitro benzene ring substituents is 1. The van der Waals surface area contributed by atoms with E-state index >= 15 is 0 Å². The molecule has 1 aromatic heterocycles. The lowest BCUT2D eigenvalue weighted by Crippen LogP contribution is -2.32. The van der Waals surface area contributed by atoms with E-state index in [9.17, 15) is 14.9 Å². The Morgan fingerprint density at radius 1 is 1.17 bits per heavy atom. The quantitative estimate of drug-likeness (QED) is 0.155. The number of non-ortho nitro benzene ring substituents is 1. The van der Waals surface area contributed by atoms with Crippen LogP contribution in [0.25, 0.3) is 28.6 Å². The molecule has 2 N–H and O–H groups in total. The summed E-state index contributed by atoms with van der Waals surface area (Å²) in [7, 11) is 0. The van der Waals surface area contributed by atoms with E-state index in [1.165, 1.54) is 24.3 Å². The molecule has 0 saturated heterocycles. The van der Waals surface area contributed by atoms with Gasteiger partial charge in [0.15, 0.2) is 10.7 Å². The predicted octanol–water partition coefficient (Wildman–Crippen LogP) is 5.33. The standard InChI is InChI=1S/C25H20N4O5S/c1-2-33-20-10-7-17(8-11-20)24-27-21-15-18(9-12-22(21)34-24)26-25(35)28-23(30)13-6-16-4-3-5-19(14-16)29(31)32/h3-15H,2H2,1H3,(H2,26,28,30,35). The van der Waals surface area contributed by atoms with Crippen molar-refractivity contribution in [2.24, 2.45) is 0 Å². The van der Waals surface area contributed by atoms with Gasteiger partial charge in [-0.1, -0.05) is 12.1 Å². The molecule has 0 radical (unpaired) electrons. The van der Waals surface area contributed by atoms with Crippen LogP contribution in [0.5, 0.6) is 5.75 Å². The van der Waals surface area contributed by atoms with Gasteiger partial charge in [0, 0.05) is 29.5 Å². The van der Waals surface area contributed by atoms with Gasteiger partial charge in [0.2, 0.25) is 11.8 Å². The minimum absolute atomic E-state index is 0.0568. The van der Waals surface area contributed by atoms with Crippen LogP contribution in [0.15, 0.2) is 77.2 Å².